The minimum absolute atomic E-state index is 0.165. The predicted octanol–water partition coefficient (Wildman–Crippen LogP) is 3.52. The number of hydrogen-bond donors (Lipinski definition) is 1. The van der Waals surface area contributed by atoms with Crippen molar-refractivity contribution in [3.05, 3.63) is 71.5 Å². The van der Waals surface area contributed by atoms with Crippen LogP contribution in [0.25, 0.3) is 0 Å². The molecule has 0 saturated carbocycles. The quantitative estimate of drug-likeness (QED) is 0.939. The summed E-state index contributed by atoms with van der Waals surface area (Å²) >= 11 is 0. The topological polar surface area (TPSA) is 40.5 Å². The summed E-state index contributed by atoms with van der Waals surface area (Å²) in [5.41, 5.74) is 1.77. The van der Waals surface area contributed by atoms with Crippen molar-refractivity contribution in [1.82, 2.24) is 4.90 Å². The molecular weight excluding hydrogens is 293 g/mol. The van der Waals surface area contributed by atoms with Crippen molar-refractivity contribution < 1.29 is 14.3 Å². The fraction of sp³-hybridized carbons (Fsp3) is 0.316. The molecule has 1 heterocycles. The molecule has 4 heteroatoms. The van der Waals surface area contributed by atoms with Crippen LogP contribution in [0.4, 0.5) is 4.39 Å². The minimum Gasteiger partial charge on any atom is -0.481 e. The van der Waals surface area contributed by atoms with E-state index >= 15 is 0 Å². The Morgan fingerprint density at radius 2 is 1.78 bits per heavy atom. The molecule has 1 N–H and O–H groups in total. The normalized spacial score (nSPS) is 22.0. The fourth-order valence-corrected chi connectivity index (χ4v) is 3.33. The van der Waals surface area contributed by atoms with Gasteiger partial charge in [0.25, 0.3) is 0 Å². The van der Waals surface area contributed by atoms with Crippen molar-refractivity contribution in [2.24, 2.45) is 5.92 Å². The summed E-state index contributed by atoms with van der Waals surface area (Å²) in [5.74, 6) is -1.26. The molecule has 3 rings (SSSR count). The van der Waals surface area contributed by atoms with Crippen molar-refractivity contribution in [2.75, 3.05) is 13.1 Å². The molecule has 120 valence electrons. The number of benzene rings is 2. The van der Waals surface area contributed by atoms with Gasteiger partial charge in [-0.1, -0.05) is 48.5 Å². The van der Waals surface area contributed by atoms with Gasteiger partial charge in [0.05, 0.1) is 5.92 Å². The molecule has 3 nitrogen and oxygen atoms in total. The molecule has 0 amide bonds. The SMILES string of the molecule is O=C(O)C1CC(c2ccccc2)CN(Cc2ccccc2F)C1. The number of aliphatic carboxylic acids is 1. The Kier molecular flexibility index (Phi) is 4.72. The lowest BCUT2D eigenvalue weighted by atomic mass is 9.84. The summed E-state index contributed by atoms with van der Waals surface area (Å²) in [7, 11) is 0. The van der Waals surface area contributed by atoms with E-state index in [1.807, 2.05) is 36.4 Å². The molecule has 0 aromatic heterocycles. The van der Waals surface area contributed by atoms with Crippen LogP contribution in [-0.2, 0) is 11.3 Å². The molecule has 0 bridgehead atoms. The van der Waals surface area contributed by atoms with Gasteiger partial charge >= 0.3 is 5.97 Å². The molecular formula is C19H20FNO2. The maximum absolute atomic E-state index is 13.9. The zero-order chi connectivity index (χ0) is 16.2. The van der Waals surface area contributed by atoms with Gasteiger partial charge in [-0.2, -0.15) is 0 Å². The van der Waals surface area contributed by atoms with E-state index in [9.17, 15) is 14.3 Å². The summed E-state index contributed by atoms with van der Waals surface area (Å²) in [5, 5.41) is 9.44. The zero-order valence-corrected chi connectivity index (χ0v) is 12.9. The average molecular weight is 313 g/mol. The Morgan fingerprint density at radius 3 is 2.48 bits per heavy atom. The molecule has 2 aromatic carbocycles. The number of carboxylic acid groups (broad SMARTS) is 1. The second-order valence-corrected chi connectivity index (χ2v) is 6.16. The highest BCUT2D eigenvalue weighted by Gasteiger charge is 2.32. The largest absolute Gasteiger partial charge is 0.481 e. The Labute approximate surface area is 135 Å². The van der Waals surface area contributed by atoms with E-state index in [0.29, 0.717) is 25.1 Å². The first-order valence-corrected chi connectivity index (χ1v) is 7.87. The molecule has 0 radical (unpaired) electrons. The molecule has 1 aliphatic rings. The van der Waals surface area contributed by atoms with Gasteiger partial charge in [0.1, 0.15) is 5.82 Å². The lowest BCUT2D eigenvalue weighted by Gasteiger charge is -2.36. The van der Waals surface area contributed by atoms with Crippen molar-refractivity contribution in [3.8, 4) is 0 Å². The predicted molar refractivity (Wildman–Crippen MR) is 86.6 cm³/mol. The zero-order valence-electron chi connectivity index (χ0n) is 12.9. The Morgan fingerprint density at radius 1 is 1.09 bits per heavy atom. The molecule has 0 spiro atoms. The second-order valence-electron chi connectivity index (χ2n) is 6.16. The van der Waals surface area contributed by atoms with E-state index in [4.69, 9.17) is 0 Å². The van der Waals surface area contributed by atoms with E-state index in [2.05, 4.69) is 4.90 Å². The number of rotatable bonds is 4. The van der Waals surface area contributed by atoms with E-state index in [1.54, 1.807) is 12.1 Å². The van der Waals surface area contributed by atoms with Crippen LogP contribution in [0.1, 0.15) is 23.5 Å². The van der Waals surface area contributed by atoms with Crippen molar-refractivity contribution in [2.45, 2.75) is 18.9 Å². The summed E-state index contributed by atoms with van der Waals surface area (Å²) in [6.07, 6.45) is 0.632. The maximum Gasteiger partial charge on any atom is 0.307 e. The van der Waals surface area contributed by atoms with Crippen LogP contribution < -0.4 is 0 Å². The smallest absolute Gasteiger partial charge is 0.307 e. The van der Waals surface area contributed by atoms with E-state index in [-0.39, 0.29) is 11.7 Å². The van der Waals surface area contributed by atoms with Crippen LogP contribution in [-0.4, -0.2) is 29.1 Å². The number of carboxylic acids is 1. The lowest BCUT2D eigenvalue weighted by Crippen LogP contribution is -2.42. The molecule has 2 atom stereocenters. The standard InChI is InChI=1S/C19H20FNO2/c20-18-9-5-4-8-15(18)11-21-12-16(10-17(13-21)19(22)23)14-6-2-1-3-7-14/h1-9,16-17H,10-13H2,(H,22,23). The third kappa shape index (κ3) is 3.77. The van der Waals surface area contributed by atoms with E-state index in [1.165, 1.54) is 6.07 Å². The summed E-state index contributed by atoms with van der Waals surface area (Å²) in [6.45, 7) is 1.66. The second kappa shape index (κ2) is 6.92. The monoisotopic (exact) mass is 313 g/mol. The van der Waals surface area contributed by atoms with Crippen LogP contribution >= 0.6 is 0 Å². The van der Waals surface area contributed by atoms with Gasteiger partial charge in [0.2, 0.25) is 0 Å². The van der Waals surface area contributed by atoms with Gasteiger partial charge in [-0.15, -0.1) is 0 Å². The van der Waals surface area contributed by atoms with Crippen LogP contribution in [0, 0.1) is 11.7 Å². The maximum atomic E-state index is 13.9. The molecule has 1 aliphatic heterocycles. The first-order valence-electron chi connectivity index (χ1n) is 7.87. The number of hydrogen-bond acceptors (Lipinski definition) is 2. The van der Waals surface area contributed by atoms with Crippen molar-refractivity contribution in [3.63, 3.8) is 0 Å². The van der Waals surface area contributed by atoms with Crippen LogP contribution in [0.3, 0.4) is 0 Å². The van der Waals surface area contributed by atoms with Crippen molar-refractivity contribution in [1.29, 1.82) is 0 Å². The number of nitrogens with zero attached hydrogens (tertiary/aromatic N) is 1. The number of piperidine rings is 1. The molecule has 2 unspecified atom stereocenters. The summed E-state index contributed by atoms with van der Waals surface area (Å²) in [6, 6.07) is 16.7. The molecule has 23 heavy (non-hydrogen) atoms. The third-order valence-electron chi connectivity index (χ3n) is 4.50. The lowest BCUT2D eigenvalue weighted by molar-refractivity contribution is -0.144. The van der Waals surface area contributed by atoms with Gasteiger partial charge in [0.15, 0.2) is 0 Å². The highest BCUT2D eigenvalue weighted by atomic mass is 19.1. The molecule has 1 fully saturated rings. The van der Waals surface area contributed by atoms with Gasteiger partial charge < -0.3 is 5.11 Å². The third-order valence-corrected chi connectivity index (χ3v) is 4.50. The van der Waals surface area contributed by atoms with Crippen LogP contribution in [0.2, 0.25) is 0 Å². The molecule has 2 aromatic rings. The average Bonchev–Trinajstić information content (AvgIpc) is 2.57. The Bertz CT molecular complexity index is 674. The number of likely N-dealkylation sites (tertiary alicyclic amines) is 1. The Hall–Kier alpha value is -2.20. The Balaban J connectivity index is 1.79. The van der Waals surface area contributed by atoms with Gasteiger partial charge in [-0.05, 0) is 24.0 Å². The van der Waals surface area contributed by atoms with Gasteiger partial charge in [-0.3, -0.25) is 9.69 Å². The van der Waals surface area contributed by atoms with Crippen molar-refractivity contribution >= 4 is 5.97 Å². The van der Waals surface area contributed by atoms with E-state index < -0.39 is 11.9 Å². The number of halogens is 1. The first-order chi connectivity index (χ1) is 11.1. The summed E-state index contributed by atoms with van der Waals surface area (Å²) in [4.78, 5) is 13.5. The van der Waals surface area contributed by atoms with Crippen LogP contribution in [0.15, 0.2) is 54.6 Å². The highest BCUT2D eigenvalue weighted by Crippen LogP contribution is 2.31. The number of carbonyl (C=O) groups is 1. The van der Waals surface area contributed by atoms with E-state index in [0.717, 1.165) is 12.1 Å². The summed E-state index contributed by atoms with van der Waals surface area (Å²) < 4.78 is 13.9. The van der Waals surface area contributed by atoms with Gasteiger partial charge in [-0.25, -0.2) is 4.39 Å². The van der Waals surface area contributed by atoms with Crippen LogP contribution in [0.5, 0.6) is 0 Å². The minimum atomic E-state index is -0.774. The first kappa shape index (κ1) is 15.7. The molecule has 0 aliphatic carbocycles. The highest BCUT2D eigenvalue weighted by molar-refractivity contribution is 5.70. The fourth-order valence-electron chi connectivity index (χ4n) is 3.33. The molecule has 1 saturated heterocycles. The van der Waals surface area contributed by atoms with Gasteiger partial charge in [0, 0.05) is 25.2 Å².